The Kier molecular flexibility index (Phi) is 6.18. The normalized spacial score (nSPS) is 16.0. The Morgan fingerprint density at radius 1 is 1.21 bits per heavy atom. The van der Waals surface area contributed by atoms with Gasteiger partial charge in [0.05, 0.1) is 39.6 Å². The lowest BCUT2D eigenvalue weighted by molar-refractivity contribution is -0.129. The number of benzene rings is 1. The third-order valence-corrected chi connectivity index (χ3v) is 4.65. The molecule has 2 heterocycles. The van der Waals surface area contributed by atoms with Crippen LogP contribution in [0.4, 0.5) is 5.82 Å². The highest BCUT2D eigenvalue weighted by atomic mass is 16.5. The topological polar surface area (TPSA) is 77.0 Å². The summed E-state index contributed by atoms with van der Waals surface area (Å²) in [5, 5.41) is 0. The minimum Gasteiger partial charge on any atom is -0.493 e. The second kappa shape index (κ2) is 8.77. The van der Waals surface area contributed by atoms with Crippen LogP contribution in [0.5, 0.6) is 17.4 Å². The predicted molar refractivity (Wildman–Crippen MR) is 105 cm³/mol. The molecule has 1 fully saturated rings. The van der Waals surface area contributed by atoms with Crippen molar-refractivity contribution in [3.8, 4) is 17.4 Å². The summed E-state index contributed by atoms with van der Waals surface area (Å²) in [6, 6.07) is 5.53. The molecule has 0 saturated carbocycles. The van der Waals surface area contributed by atoms with Crippen molar-refractivity contribution in [3.05, 3.63) is 36.2 Å². The summed E-state index contributed by atoms with van der Waals surface area (Å²) < 4.78 is 16.5. The Hall–Kier alpha value is -3.03. The third kappa shape index (κ3) is 4.62. The predicted octanol–water partition coefficient (Wildman–Crippen LogP) is 1.78. The van der Waals surface area contributed by atoms with Crippen molar-refractivity contribution >= 4 is 11.7 Å². The molecule has 1 amide bonds. The second-order valence-electron chi connectivity index (χ2n) is 6.84. The maximum atomic E-state index is 12.7. The van der Waals surface area contributed by atoms with E-state index in [0.717, 1.165) is 17.8 Å². The zero-order chi connectivity index (χ0) is 20.1. The highest BCUT2D eigenvalue weighted by Crippen LogP contribution is 2.28. The molecule has 1 saturated heterocycles. The van der Waals surface area contributed by atoms with Crippen molar-refractivity contribution in [1.29, 1.82) is 0 Å². The summed E-state index contributed by atoms with van der Waals surface area (Å²) in [7, 11) is 6.97. The summed E-state index contributed by atoms with van der Waals surface area (Å²) in [6.45, 7) is 1.21. The first-order chi connectivity index (χ1) is 13.5. The molecule has 1 aromatic carbocycles. The van der Waals surface area contributed by atoms with Gasteiger partial charge in [-0.1, -0.05) is 6.07 Å². The highest BCUT2D eigenvalue weighted by molar-refractivity contribution is 5.79. The zero-order valence-corrected chi connectivity index (χ0v) is 16.7. The highest BCUT2D eigenvalue weighted by Gasteiger charge is 2.28. The van der Waals surface area contributed by atoms with E-state index < -0.39 is 0 Å². The molecule has 1 atom stereocenters. The minimum absolute atomic E-state index is 0.0615. The van der Waals surface area contributed by atoms with Crippen LogP contribution in [0.3, 0.4) is 0 Å². The van der Waals surface area contributed by atoms with Gasteiger partial charge in [-0.05, 0) is 17.7 Å². The Labute approximate surface area is 165 Å². The summed E-state index contributed by atoms with van der Waals surface area (Å²) >= 11 is 0. The number of rotatable bonds is 7. The Balaban J connectivity index is 1.58. The maximum absolute atomic E-state index is 12.7. The van der Waals surface area contributed by atoms with Gasteiger partial charge in [0.1, 0.15) is 6.10 Å². The van der Waals surface area contributed by atoms with E-state index in [1.807, 2.05) is 42.1 Å². The number of carbonyl (C=O) groups is 1. The van der Waals surface area contributed by atoms with Crippen LogP contribution in [0.25, 0.3) is 0 Å². The third-order valence-electron chi connectivity index (χ3n) is 4.65. The molecular formula is C20H26N4O4. The van der Waals surface area contributed by atoms with Gasteiger partial charge in [0.2, 0.25) is 11.8 Å². The molecule has 3 rings (SSSR count). The Bertz CT molecular complexity index is 828. The number of aromatic nitrogens is 2. The van der Waals surface area contributed by atoms with Crippen LogP contribution < -0.4 is 19.1 Å². The van der Waals surface area contributed by atoms with E-state index >= 15 is 0 Å². The molecule has 8 nitrogen and oxygen atoms in total. The maximum Gasteiger partial charge on any atom is 0.234 e. The first-order valence-corrected chi connectivity index (χ1v) is 9.15. The van der Waals surface area contributed by atoms with E-state index in [1.54, 1.807) is 26.6 Å². The van der Waals surface area contributed by atoms with E-state index in [0.29, 0.717) is 36.9 Å². The molecule has 0 spiro atoms. The average molecular weight is 386 g/mol. The van der Waals surface area contributed by atoms with Gasteiger partial charge in [-0.3, -0.25) is 9.78 Å². The Morgan fingerprint density at radius 3 is 2.71 bits per heavy atom. The minimum atomic E-state index is -0.0823. The molecule has 150 valence electrons. The molecule has 28 heavy (non-hydrogen) atoms. The van der Waals surface area contributed by atoms with Crippen LogP contribution in [0.2, 0.25) is 0 Å². The first kappa shape index (κ1) is 19.7. The number of amides is 1. The molecule has 1 aliphatic rings. The fraction of sp³-hybridized carbons (Fsp3) is 0.450. The molecule has 1 aliphatic heterocycles. The standard InChI is InChI=1S/C20H26N4O4/c1-23(2)18-11-21-12-19(22-18)28-15-7-8-24(13-15)20(25)10-14-5-6-16(26-3)17(9-14)27-4/h5-6,9,11-12,15H,7-8,10,13H2,1-4H3/t15-/m0/s1. The molecule has 8 heteroatoms. The number of carbonyl (C=O) groups excluding carboxylic acids is 1. The molecule has 0 aliphatic carbocycles. The van der Waals surface area contributed by atoms with Crippen molar-refractivity contribution in [2.75, 3.05) is 46.3 Å². The summed E-state index contributed by atoms with van der Waals surface area (Å²) in [6.07, 6.45) is 4.27. The monoisotopic (exact) mass is 386 g/mol. The quantitative estimate of drug-likeness (QED) is 0.718. The number of anilines is 1. The smallest absolute Gasteiger partial charge is 0.234 e. The van der Waals surface area contributed by atoms with Crippen molar-refractivity contribution < 1.29 is 19.0 Å². The molecule has 2 aromatic rings. The summed E-state index contributed by atoms with van der Waals surface area (Å²) in [5.41, 5.74) is 0.886. The number of hydrogen-bond donors (Lipinski definition) is 0. The lowest BCUT2D eigenvalue weighted by atomic mass is 10.1. The SMILES string of the molecule is COc1ccc(CC(=O)N2CC[C@H](Oc3cncc(N(C)C)n3)C2)cc1OC. The molecule has 0 radical (unpaired) electrons. The summed E-state index contributed by atoms with van der Waals surface area (Å²) in [5.74, 6) is 2.54. The van der Waals surface area contributed by atoms with Crippen LogP contribution in [0.1, 0.15) is 12.0 Å². The van der Waals surface area contributed by atoms with Crippen LogP contribution in [-0.2, 0) is 11.2 Å². The van der Waals surface area contributed by atoms with E-state index in [2.05, 4.69) is 9.97 Å². The van der Waals surface area contributed by atoms with Crippen molar-refractivity contribution in [2.45, 2.75) is 18.9 Å². The number of nitrogens with zero attached hydrogens (tertiary/aromatic N) is 4. The van der Waals surface area contributed by atoms with Crippen molar-refractivity contribution in [1.82, 2.24) is 14.9 Å². The average Bonchev–Trinajstić information content (AvgIpc) is 3.16. The van der Waals surface area contributed by atoms with E-state index in [4.69, 9.17) is 14.2 Å². The molecular weight excluding hydrogens is 360 g/mol. The number of hydrogen-bond acceptors (Lipinski definition) is 7. The van der Waals surface area contributed by atoms with E-state index in [9.17, 15) is 4.79 Å². The van der Waals surface area contributed by atoms with E-state index in [-0.39, 0.29) is 12.0 Å². The Morgan fingerprint density at radius 2 is 2.00 bits per heavy atom. The van der Waals surface area contributed by atoms with Gasteiger partial charge in [0, 0.05) is 27.1 Å². The number of likely N-dealkylation sites (tertiary alicyclic amines) is 1. The van der Waals surface area contributed by atoms with Crippen molar-refractivity contribution in [3.63, 3.8) is 0 Å². The van der Waals surface area contributed by atoms with Gasteiger partial charge < -0.3 is 24.0 Å². The molecule has 0 unspecified atom stereocenters. The van der Waals surface area contributed by atoms with Gasteiger partial charge in [0.15, 0.2) is 17.3 Å². The van der Waals surface area contributed by atoms with Gasteiger partial charge in [-0.15, -0.1) is 0 Å². The summed E-state index contributed by atoms with van der Waals surface area (Å²) in [4.78, 5) is 24.9. The lowest BCUT2D eigenvalue weighted by Gasteiger charge is -2.18. The fourth-order valence-electron chi connectivity index (χ4n) is 3.11. The number of methoxy groups -OCH3 is 2. The second-order valence-corrected chi connectivity index (χ2v) is 6.84. The van der Waals surface area contributed by atoms with Crippen LogP contribution in [0, 0.1) is 0 Å². The van der Waals surface area contributed by atoms with Gasteiger partial charge in [-0.2, -0.15) is 4.98 Å². The van der Waals surface area contributed by atoms with Gasteiger partial charge >= 0.3 is 0 Å². The van der Waals surface area contributed by atoms with Gasteiger partial charge in [0.25, 0.3) is 0 Å². The molecule has 0 bridgehead atoms. The van der Waals surface area contributed by atoms with E-state index in [1.165, 1.54) is 0 Å². The molecule has 0 N–H and O–H groups in total. The van der Waals surface area contributed by atoms with Crippen LogP contribution >= 0.6 is 0 Å². The van der Waals surface area contributed by atoms with Crippen LogP contribution in [0.15, 0.2) is 30.6 Å². The van der Waals surface area contributed by atoms with Crippen LogP contribution in [-0.4, -0.2) is 68.3 Å². The fourth-order valence-corrected chi connectivity index (χ4v) is 3.11. The molecule has 1 aromatic heterocycles. The largest absolute Gasteiger partial charge is 0.493 e. The lowest BCUT2D eigenvalue weighted by Crippen LogP contribution is -2.32. The van der Waals surface area contributed by atoms with Crippen molar-refractivity contribution in [2.24, 2.45) is 0 Å². The van der Waals surface area contributed by atoms with Gasteiger partial charge in [-0.25, -0.2) is 0 Å². The number of ether oxygens (including phenoxy) is 3. The first-order valence-electron chi connectivity index (χ1n) is 9.15. The zero-order valence-electron chi connectivity index (χ0n) is 16.7.